The van der Waals surface area contributed by atoms with Crippen LogP contribution in [0.25, 0.3) is 0 Å². The fourth-order valence-electron chi connectivity index (χ4n) is 3.38. The first kappa shape index (κ1) is 18.3. The Balaban J connectivity index is 1.70. The summed E-state index contributed by atoms with van der Waals surface area (Å²) in [4.78, 5) is 25.2. The molecule has 0 radical (unpaired) electrons. The summed E-state index contributed by atoms with van der Waals surface area (Å²) in [5.41, 5.74) is 0.236. The molecule has 0 bridgehead atoms. The second-order valence-electron chi connectivity index (χ2n) is 7.75. The molecular formula is C19H23NO6. The van der Waals surface area contributed by atoms with Gasteiger partial charge in [-0.05, 0) is 30.5 Å². The van der Waals surface area contributed by atoms with Gasteiger partial charge in [0.2, 0.25) is 5.91 Å². The summed E-state index contributed by atoms with van der Waals surface area (Å²) in [5, 5.41) is 29.2. The fraction of sp³-hybridized carbons (Fsp3) is 0.474. The largest absolute Gasteiger partial charge is 0.508 e. The zero-order valence-electron chi connectivity index (χ0n) is 15.0. The van der Waals surface area contributed by atoms with Gasteiger partial charge >= 0.3 is 5.97 Å². The normalized spacial score (nSPS) is 23.4. The van der Waals surface area contributed by atoms with Gasteiger partial charge in [0.15, 0.2) is 11.9 Å². The van der Waals surface area contributed by atoms with E-state index in [1.54, 1.807) is 24.3 Å². The highest BCUT2D eigenvalue weighted by molar-refractivity contribution is 5.98. The molecular weight excluding hydrogens is 338 g/mol. The summed E-state index contributed by atoms with van der Waals surface area (Å²) >= 11 is 0. The van der Waals surface area contributed by atoms with E-state index >= 15 is 0 Å². The van der Waals surface area contributed by atoms with E-state index in [1.807, 2.05) is 20.8 Å². The minimum absolute atomic E-state index is 0.130. The van der Waals surface area contributed by atoms with Gasteiger partial charge in [0, 0.05) is 5.41 Å². The number of carbonyl (C=O) groups excluding carboxylic acids is 1. The first-order valence-corrected chi connectivity index (χ1v) is 8.55. The molecule has 0 saturated carbocycles. The molecule has 0 unspecified atom stereocenters. The number of phenols is 1. The van der Waals surface area contributed by atoms with Gasteiger partial charge in [-0.15, -0.1) is 0 Å². The molecule has 7 nitrogen and oxygen atoms in total. The van der Waals surface area contributed by atoms with E-state index in [2.05, 4.69) is 0 Å². The molecule has 1 aromatic carbocycles. The lowest BCUT2D eigenvalue weighted by molar-refractivity contribution is -0.184. The van der Waals surface area contributed by atoms with Crippen molar-refractivity contribution in [3.05, 3.63) is 41.3 Å². The van der Waals surface area contributed by atoms with E-state index in [1.165, 1.54) is 0 Å². The van der Waals surface area contributed by atoms with Gasteiger partial charge < -0.3 is 20.1 Å². The third-order valence-corrected chi connectivity index (χ3v) is 4.74. The van der Waals surface area contributed by atoms with Gasteiger partial charge in [0.1, 0.15) is 17.4 Å². The Hall–Kier alpha value is -2.54. The molecule has 1 saturated heterocycles. The van der Waals surface area contributed by atoms with E-state index in [-0.39, 0.29) is 17.2 Å². The highest BCUT2D eigenvalue weighted by Crippen LogP contribution is 2.47. The standard InChI is InChI=1S/C19H23NO6/c1-19(2,3)15-14(18(24)25)20-16(23)13(17(20)26-15)12(22)9-6-10-4-7-11(21)8-5-10/h4-5,7-8,12-13,17,21-22H,6,9H2,1-3H3,(H,24,25)/t12-,13-,17-/m0/s1. The maximum atomic E-state index is 12.5. The number of carbonyl (C=O) groups is 2. The van der Waals surface area contributed by atoms with Crippen LogP contribution in [0.15, 0.2) is 35.7 Å². The molecule has 2 aliphatic rings. The van der Waals surface area contributed by atoms with E-state index in [4.69, 9.17) is 4.74 Å². The van der Waals surface area contributed by atoms with E-state index in [9.17, 15) is 24.9 Å². The second kappa shape index (κ2) is 6.32. The molecule has 3 rings (SSSR count). The van der Waals surface area contributed by atoms with E-state index < -0.39 is 35.5 Å². The number of hydrogen-bond donors (Lipinski definition) is 3. The van der Waals surface area contributed by atoms with Crippen molar-refractivity contribution in [3.8, 4) is 5.75 Å². The van der Waals surface area contributed by atoms with Crippen LogP contribution in [0.5, 0.6) is 5.75 Å². The molecule has 1 fully saturated rings. The summed E-state index contributed by atoms with van der Waals surface area (Å²) in [7, 11) is 0. The number of β-lactam (4-membered cyclic amide) rings is 1. The van der Waals surface area contributed by atoms with Gasteiger partial charge in [-0.1, -0.05) is 32.9 Å². The van der Waals surface area contributed by atoms with Crippen LogP contribution in [0.4, 0.5) is 0 Å². The number of hydrogen-bond acceptors (Lipinski definition) is 5. The number of carboxylic acid groups (broad SMARTS) is 1. The molecule has 1 amide bonds. The lowest BCUT2D eigenvalue weighted by Crippen LogP contribution is -2.63. The van der Waals surface area contributed by atoms with Crippen LogP contribution >= 0.6 is 0 Å². The number of aromatic hydroxyl groups is 1. The number of amides is 1. The number of fused-ring (bicyclic) bond motifs is 1. The van der Waals surface area contributed by atoms with Crippen molar-refractivity contribution in [1.29, 1.82) is 0 Å². The number of carboxylic acids is 1. The Morgan fingerprint density at radius 1 is 1.27 bits per heavy atom. The maximum Gasteiger partial charge on any atom is 0.356 e. The minimum atomic E-state index is -1.21. The van der Waals surface area contributed by atoms with Crippen LogP contribution in [-0.2, 0) is 20.7 Å². The monoisotopic (exact) mass is 361 g/mol. The van der Waals surface area contributed by atoms with Crippen LogP contribution in [0, 0.1) is 11.3 Å². The van der Waals surface area contributed by atoms with Crippen molar-refractivity contribution >= 4 is 11.9 Å². The summed E-state index contributed by atoms with van der Waals surface area (Å²) in [5.74, 6) is -1.98. The summed E-state index contributed by atoms with van der Waals surface area (Å²) in [6.07, 6.45) is -0.838. The first-order chi connectivity index (χ1) is 12.1. The number of nitrogens with zero attached hydrogens (tertiary/aromatic N) is 1. The van der Waals surface area contributed by atoms with Crippen LogP contribution in [-0.4, -0.2) is 44.4 Å². The number of ether oxygens (including phenoxy) is 1. The fourth-order valence-corrected chi connectivity index (χ4v) is 3.38. The maximum absolute atomic E-state index is 12.5. The Bertz CT molecular complexity index is 761. The van der Waals surface area contributed by atoms with E-state index in [0.29, 0.717) is 12.8 Å². The SMILES string of the molecule is CC(C)(C)C1=C(C(=O)O)N2C(=O)[C@H]([C@@H](O)CCc3ccc(O)cc3)[C@@H]2O1. The van der Waals surface area contributed by atoms with Crippen molar-refractivity contribution < 1.29 is 29.6 Å². The highest BCUT2D eigenvalue weighted by atomic mass is 16.5. The lowest BCUT2D eigenvalue weighted by Gasteiger charge is -2.43. The number of aliphatic hydroxyl groups excluding tert-OH is 1. The number of phenolic OH excluding ortho intramolecular Hbond substituents is 1. The molecule has 3 N–H and O–H groups in total. The predicted molar refractivity (Wildman–Crippen MR) is 91.8 cm³/mol. The Labute approximate surface area is 151 Å². The zero-order chi connectivity index (χ0) is 19.2. The average Bonchev–Trinajstić information content (AvgIpc) is 2.90. The van der Waals surface area contributed by atoms with Gasteiger partial charge in [0.05, 0.1) is 6.10 Å². The van der Waals surface area contributed by atoms with Crippen LogP contribution < -0.4 is 0 Å². The van der Waals surface area contributed by atoms with Gasteiger partial charge in [0.25, 0.3) is 0 Å². The molecule has 26 heavy (non-hydrogen) atoms. The Kier molecular flexibility index (Phi) is 4.44. The van der Waals surface area contributed by atoms with Gasteiger partial charge in [-0.2, -0.15) is 0 Å². The molecule has 0 aliphatic carbocycles. The average molecular weight is 361 g/mol. The van der Waals surface area contributed by atoms with Gasteiger partial charge in [-0.25, -0.2) is 4.79 Å². The predicted octanol–water partition coefficient (Wildman–Crippen LogP) is 1.84. The summed E-state index contributed by atoms with van der Waals surface area (Å²) in [6, 6.07) is 6.64. The quantitative estimate of drug-likeness (QED) is 0.691. The summed E-state index contributed by atoms with van der Waals surface area (Å²) < 4.78 is 5.78. The molecule has 0 aromatic heterocycles. The van der Waals surface area contributed by atoms with Crippen molar-refractivity contribution in [2.24, 2.45) is 11.3 Å². The van der Waals surface area contributed by atoms with Crippen LogP contribution in [0.3, 0.4) is 0 Å². The molecule has 3 atom stereocenters. The van der Waals surface area contributed by atoms with Crippen molar-refractivity contribution in [2.75, 3.05) is 0 Å². The van der Waals surface area contributed by atoms with Crippen LogP contribution in [0.2, 0.25) is 0 Å². The van der Waals surface area contributed by atoms with Crippen LogP contribution in [0.1, 0.15) is 32.8 Å². The number of allylic oxidation sites excluding steroid dienone is 1. The Morgan fingerprint density at radius 2 is 1.88 bits per heavy atom. The molecule has 2 aliphatic heterocycles. The van der Waals surface area contributed by atoms with Crippen molar-refractivity contribution in [1.82, 2.24) is 4.90 Å². The molecule has 7 heteroatoms. The summed E-state index contributed by atoms with van der Waals surface area (Å²) in [6.45, 7) is 5.45. The first-order valence-electron chi connectivity index (χ1n) is 8.55. The lowest BCUT2D eigenvalue weighted by atomic mass is 9.86. The molecule has 1 aromatic rings. The van der Waals surface area contributed by atoms with Gasteiger partial charge in [-0.3, -0.25) is 9.69 Å². The number of aliphatic hydroxyl groups is 1. The highest BCUT2D eigenvalue weighted by Gasteiger charge is 2.60. The smallest absolute Gasteiger partial charge is 0.356 e. The third-order valence-electron chi connectivity index (χ3n) is 4.74. The molecule has 2 heterocycles. The number of benzene rings is 1. The topological polar surface area (TPSA) is 107 Å². The van der Waals surface area contributed by atoms with Crippen molar-refractivity contribution in [2.45, 2.75) is 45.9 Å². The van der Waals surface area contributed by atoms with E-state index in [0.717, 1.165) is 10.5 Å². The number of aryl methyl sites for hydroxylation is 1. The number of aliphatic carboxylic acids is 1. The van der Waals surface area contributed by atoms with Crippen molar-refractivity contribution in [3.63, 3.8) is 0 Å². The zero-order valence-corrected chi connectivity index (χ0v) is 15.0. The molecule has 0 spiro atoms. The third kappa shape index (κ3) is 3.03. The second-order valence-corrected chi connectivity index (χ2v) is 7.75. The Morgan fingerprint density at radius 3 is 2.42 bits per heavy atom. The minimum Gasteiger partial charge on any atom is -0.508 e. The molecule has 140 valence electrons. The number of rotatable bonds is 5.